The minimum atomic E-state index is -0.224. The predicted octanol–water partition coefficient (Wildman–Crippen LogP) is 1.51. The van der Waals surface area contributed by atoms with Crippen LogP contribution < -0.4 is 4.90 Å². The van der Waals surface area contributed by atoms with Crippen LogP contribution >= 0.6 is 0 Å². The number of morpholine rings is 1. The van der Waals surface area contributed by atoms with E-state index in [1.807, 2.05) is 17.9 Å². The Labute approximate surface area is 152 Å². The second-order valence-corrected chi connectivity index (χ2v) is 6.67. The molecule has 4 heterocycles. The van der Waals surface area contributed by atoms with Gasteiger partial charge in [-0.05, 0) is 25.8 Å². The number of anilines is 1. The zero-order valence-corrected chi connectivity index (χ0v) is 15.0. The molecule has 1 atom stereocenters. The van der Waals surface area contributed by atoms with E-state index in [1.54, 1.807) is 23.3 Å². The molecule has 4 rings (SSSR count). The van der Waals surface area contributed by atoms with Gasteiger partial charge in [0.2, 0.25) is 5.95 Å². The summed E-state index contributed by atoms with van der Waals surface area (Å²) in [5, 5.41) is 4.20. The molecule has 0 saturated carbocycles. The van der Waals surface area contributed by atoms with E-state index in [9.17, 15) is 4.79 Å². The summed E-state index contributed by atoms with van der Waals surface area (Å²) in [6, 6.07) is 1.88. The SMILES string of the molecule is CCn1cc(C(=O)N2CCOC(c3ccnc(N4CCCC4)n3)C2)cn1. The minimum absolute atomic E-state index is 0.00757. The van der Waals surface area contributed by atoms with E-state index in [0.717, 1.165) is 31.3 Å². The van der Waals surface area contributed by atoms with Crippen LogP contribution in [0.4, 0.5) is 5.95 Å². The van der Waals surface area contributed by atoms with E-state index in [2.05, 4.69) is 15.0 Å². The normalized spacial score (nSPS) is 20.6. The Kier molecular flexibility index (Phi) is 4.83. The van der Waals surface area contributed by atoms with Crippen LogP contribution in [0.15, 0.2) is 24.7 Å². The van der Waals surface area contributed by atoms with Gasteiger partial charge in [0.15, 0.2) is 0 Å². The Morgan fingerprint density at radius 1 is 1.31 bits per heavy atom. The minimum Gasteiger partial charge on any atom is -0.368 e. The highest BCUT2D eigenvalue weighted by Crippen LogP contribution is 2.24. The molecule has 2 saturated heterocycles. The van der Waals surface area contributed by atoms with Gasteiger partial charge in [-0.1, -0.05) is 0 Å². The number of ether oxygens (including phenoxy) is 1. The third-order valence-electron chi connectivity index (χ3n) is 4.94. The molecule has 2 fully saturated rings. The highest BCUT2D eigenvalue weighted by Gasteiger charge is 2.28. The molecule has 8 nitrogen and oxygen atoms in total. The van der Waals surface area contributed by atoms with E-state index < -0.39 is 0 Å². The molecule has 2 aliphatic rings. The lowest BCUT2D eigenvalue weighted by molar-refractivity contribution is -0.0247. The first-order valence-electron chi connectivity index (χ1n) is 9.26. The maximum Gasteiger partial charge on any atom is 0.257 e. The highest BCUT2D eigenvalue weighted by molar-refractivity contribution is 5.93. The van der Waals surface area contributed by atoms with Crippen molar-refractivity contribution in [2.45, 2.75) is 32.4 Å². The van der Waals surface area contributed by atoms with Gasteiger partial charge in [0.25, 0.3) is 5.91 Å². The van der Waals surface area contributed by atoms with Crippen LogP contribution in [0.3, 0.4) is 0 Å². The molecule has 0 N–H and O–H groups in total. The van der Waals surface area contributed by atoms with Crippen molar-refractivity contribution >= 4 is 11.9 Å². The molecule has 0 radical (unpaired) electrons. The van der Waals surface area contributed by atoms with Gasteiger partial charge in [0.05, 0.1) is 30.6 Å². The van der Waals surface area contributed by atoms with Gasteiger partial charge in [-0.25, -0.2) is 9.97 Å². The molecule has 0 spiro atoms. The summed E-state index contributed by atoms with van der Waals surface area (Å²) in [7, 11) is 0. The molecule has 8 heteroatoms. The largest absolute Gasteiger partial charge is 0.368 e. The zero-order chi connectivity index (χ0) is 17.9. The van der Waals surface area contributed by atoms with Crippen molar-refractivity contribution < 1.29 is 9.53 Å². The van der Waals surface area contributed by atoms with Crippen molar-refractivity contribution in [1.29, 1.82) is 0 Å². The van der Waals surface area contributed by atoms with Crippen molar-refractivity contribution in [3.05, 3.63) is 35.9 Å². The summed E-state index contributed by atoms with van der Waals surface area (Å²) < 4.78 is 7.66. The van der Waals surface area contributed by atoms with Crippen LogP contribution in [0.1, 0.15) is 41.9 Å². The second kappa shape index (κ2) is 7.41. The van der Waals surface area contributed by atoms with Crippen LogP contribution in [0, 0.1) is 0 Å². The van der Waals surface area contributed by atoms with Crippen LogP contribution in [0.25, 0.3) is 0 Å². The Morgan fingerprint density at radius 2 is 2.15 bits per heavy atom. The zero-order valence-electron chi connectivity index (χ0n) is 15.0. The molecule has 1 unspecified atom stereocenters. The van der Waals surface area contributed by atoms with Gasteiger partial charge in [0.1, 0.15) is 6.10 Å². The third kappa shape index (κ3) is 3.41. The van der Waals surface area contributed by atoms with Crippen molar-refractivity contribution in [3.8, 4) is 0 Å². The first-order chi connectivity index (χ1) is 12.7. The molecule has 0 aliphatic carbocycles. The molecule has 138 valence electrons. The molecule has 0 bridgehead atoms. The summed E-state index contributed by atoms with van der Waals surface area (Å²) in [6.45, 7) is 6.32. The molecule has 0 aromatic carbocycles. The standard InChI is InChI=1S/C18H24N6O2/c1-2-24-12-14(11-20-24)17(25)23-9-10-26-16(13-23)15-5-6-19-18(21-15)22-7-3-4-8-22/h5-6,11-12,16H,2-4,7-10,13H2,1H3. The smallest absolute Gasteiger partial charge is 0.257 e. The van der Waals surface area contributed by atoms with E-state index >= 15 is 0 Å². The topological polar surface area (TPSA) is 76.4 Å². The quantitative estimate of drug-likeness (QED) is 0.826. The summed E-state index contributed by atoms with van der Waals surface area (Å²) in [4.78, 5) is 25.9. The van der Waals surface area contributed by atoms with Crippen LogP contribution in [0.2, 0.25) is 0 Å². The molecule has 2 aliphatic heterocycles. The number of amides is 1. The maximum absolute atomic E-state index is 12.8. The van der Waals surface area contributed by atoms with Gasteiger partial charge < -0.3 is 14.5 Å². The molecule has 1 amide bonds. The molecule has 26 heavy (non-hydrogen) atoms. The van der Waals surface area contributed by atoms with Crippen molar-refractivity contribution in [1.82, 2.24) is 24.6 Å². The second-order valence-electron chi connectivity index (χ2n) is 6.67. The number of carbonyl (C=O) groups excluding carboxylic acids is 1. The summed E-state index contributed by atoms with van der Waals surface area (Å²) in [5.74, 6) is 0.753. The lowest BCUT2D eigenvalue weighted by Crippen LogP contribution is -2.42. The highest BCUT2D eigenvalue weighted by atomic mass is 16.5. The first kappa shape index (κ1) is 17.0. The lowest BCUT2D eigenvalue weighted by atomic mass is 10.2. The number of hydrogen-bond acceptors (Lipinski definition) is 6. The van der Waals surface area contributed by atoms with Crippen LogP contribution in [-0.4, -0.2) is 63.3 Å². The lowest BCUT2D eigenvalue weighted by Gasteiger charge is -2.32. The fourth-order valence-electron chi connectivity index (χ4n) is 3.45. The average molecular weight is 356 g/mol. The third-order valence-corrected chi connectivity index (χ3v) is 4.94. The maximum atomic E-state index is 12.8. The number of hydrogen-bond donors (Lipinski definition) is 0. The van der Waals surface area contributed by atoms with Crippen molar-refractivity contribution in [2.24, 2.45) is 0 Å². The van der Waals surface area contributed by atoms with Gasteiger partial charge in [-0.3, -0.25) is 9.48 Å². The van der Waals surface area contributed by atoms with Gasteiger partial charge in [-0.2, -0.15) is 5.10 Å². The van der Waals surface area contributed by atoms with Gasteiger partial charge in [-0.15, -0.1) is 0 Å². The Hall–Kier alpha value is -2.48. The molecular formula is C18H24N6O2. The predicted molar refractivity (Wildman–Crippen MR) is 96.0 cm³/mol. The van der Waals surface area contributed by atoms with Gasteiger partial charge in [0, 0.05) is 38.6 Å². The number of aryl methyl sites for hydroxylation is 1. The summed E-state index contributed by atoms with van der Waals surface area (Å²) >= 11 is 0. The number of carbonyl (C=O) groups is 1. The van der Waals surface area contributed by atoms with Crippen LogP contribution in [0.5, 0.6) is 0 Å². The first-order valence-corrected chi connectivity index (χ1v) is 9.26. The van der Waals surface area contributed by atoms with Gasteiger partial charge >= 0.3 is 0 Å². The fraction of sp³-hybridized carbons (Fsp3) is 0.556. The molecular weight excluding hydrogens is 332 g/mol. The number of aromatic nitrogens is 4. The summed E-state index contributed by atoms with van der Waals surface area (Å²) in [6.07, 6.45) is 7.35. The Bertz CT molecular complexity index is 771. The number of rotatable bonds is 4. The van der Waals surface area contributed by atoms with Crippen LogP contribution in [-0.2, 0) is 11.3 Å². The Balaban J connectivity index is 1.48. The van der Waals surface area contributed by atoms with Crippen molar-refractivity contribution in [2.75, 3.05) is 37.7 Å². The van der Waals surface area contributed by atoms with E-state index in [0.29, 0.717) is 25.3 Å². The molecule has 2 aromatic heterocycles. The van der Waals surface area contributed by atoms with E-state index in [-0.39, 0.29) is 12.0 Å². The average Bonchev–Trinajstić information content (AvgIpc) is 3.39. The fourth-order valence-corrected chi connectivity index (χ4v) is 3.45. The van der Waals surface area contributed by atoms with Crippen molar-refractivity contribution in [3.63, 3.8) is 0 Å². The van der Waals surface area contributed by atoms with E-state index in [1.165, 1.54) is 12.8 Å². The molecule has 2 aromatic rings. The van der Waals surface area contributed by atoms with E-state index in [4.69, 9.17) is 9.72 Å². The Morgan fingerprint density at radius 3 is 2.92 bits per heavy atom. The monoisotopic (exact) mass is 356 g/mol. The number of nitrogens with zero attached hydrogens (tertiary/aromatic N) is 6. The summed E-state index contributed by atoms with van der Waals surface area (Å²) in [5.41, 5.74) is 1.46.